The number of benzene rings is 1. The fourth-order valence-corrected chi connectivity index (χ4v) is 2.66. The number of fused-ring (bicyclic) bond motifs is 1. The number of aromatic nitrogens is 2. The maximum atomic E-state index is 12.4. The highest BCUT2D eigenvalue weighted by molar-refractivity contribution is 5.99. The van der Waals surface area contributed by atoms with Gasteiger partial charge in [-0.1, -0.05) is 6.92 Å². The van der Waals surface area contributed by atoms with E-state index in [9.17, 15) is 4.79 Å². The first-order valence-electron chi connectivity index (χ1n) is 8.52. The van der Waals surface area contributed by atoms with Gasteiger partial charge in [-0.25, -0.2) is 4.98 Å². The van der Waals surface area contributed by atoms with Gasteiger partial charge < -0.3 is 19.4 Å². The van der Waals surface area contributed by atoms with Gasteiger partial charge in [0.05, 0.1) is 18.5 Å². The molecule has 1 aliphatic rings. The van der Waals surface area contributed by atoms with Crippen LogP contribution in [0.5, 0.6) is 11.5 Å². The lowest BCUT2D eigenvalue weighted by molar-refractivity contribution is -0.118. The first kappa shape index (κ1) is 17.1. The summed E-state index contributed by atoms with van der Waals surface area (Å²) in [6.45, 7) is 5.64. The van der Waals surface area contributed by atoms with Gasteiger partial charge in [-0.05, 0) is 31.6 Å². The highest BCUT2D eigenvalue weighted by atomic mass is 16.5. The second-order valence-electron chi connectivity index (χ2n) is 6.14. The van der Waals surface area contributed by atoms with Crippen LogP contribution in [-0.4, -0.2) is 34.7 Å². The van der Waals surface area contributed by atoms with E-state index in [-0.39, 0.29) is 18.6 Å². The van der Waals surface area contributed by atoms with Gasteiger partial charge in [0.2, 0.25) is 0 Å². The molecule has 1 N–H and O–H groups in total. The third-order valence-electron chi connectivity index (χ3n) is 3.88. The quantitative estimate of drug-likeness (QED) is 0.841. The van der Waals surface area contributed by atoms with Crippen LogP contribution >= 0.6 is 0 Å². The number of imidazole rings is 1. The summed E-state index contributed by atoms with van der Waals surface area (Å²) in [7, 11) is 0. The van der Waals surface area contributed by atoms with E-state index in [0.29, 0.717) is 18.7 Å². The molecule has 0 fully saturated rings. The molecule has 0 saturated heterocycles. The summed E-state index contributed by atoms with van der Waals surface area (Å²) in [5, 5.41) is 3.00. The molecule has 25 heavy (non-hydrogen) atoms. The van der Waals surface area contributed by atoms with Crippen molar-refractivity contribution in [2.75, 3.05) is 13.2 Å². The van der Waals surface area contributed by atoms with E-state index in [2.05, 4.69) is 17.2 Å². The zero-order valence-electron chi connectivity index (χ0n) is 14.6. The maximum absolute atomic E-state index is 12.4. The van der Waals surface area contributed by atoms with Crippen molar-refractivity contribution < 1.29 is 14.3 Å². The lowest BCUT2D eigenvalue weighted by atomic mass is 10.1. The lowest BCUT2D eigenvalue weighted by Crippen LogP contribution is -2.37. The van der Waals surface area contributed by atoms with Crippen LogP contribution in [0.15, 0.2) is 42.5 Å². The van der Waals surface area contributed by atoms with Crippen LogP contribution in [0.25, 0.3) is 6.08 Å². The van der Waals surface area contributed by atoms with Gasteiger partial charge in [-0.2, -0.15) is 0 Å². The Labute approximate surface area is 147 Å². The Morgan fingerprint density at radius 1 is 1.48 bits per heavy atom. The molecule has 1 aliphatic heterocycles. The standard InChI is InChI=1S/C19H23N3O3/c1-3-8-24-17-5-4-15-9-16(12-25-18(15)10-17)19(23)21-14(2)11-22-7-6-20-13-22/h4-7,9-10,13-14H,3,8,11-12H2,1-2H3,(H,21,23)/t14-/m1/s1. The highest BCUT2D eigenvalue weighted by Crippen LogP contribution is 2.30. The molecule has 1 aromatic carbocycles. The number of amides is 1. The second-order valence-corrected chi connectivity index (χ2v) is 6.14. The predicted octanol–water partition coefficient (Wildman–Crippen LogP) is 2.65. The molecule has 0 bridgehead atoms. The van der Waals surface area contributed by atoms with Gasteiger partial charge >= 0.3 is 0 Å². The maximum Gasteiger partial charge on any atom is 0.250 e. The number of nitrogens with one attached hydrogen (secondary N) is 1. The fraction of sp³-hybridized carbons (Fsp3) is 0.368. The summed E-state index contributed by atoms with van der Waals surface area (Å²) < 4.78 is 13.3. The number of carbonyl (C=O) groups excluding carboxylic acids is 1. The summed E-state index contributed by atoms with van der Waals surface area (Å²) in [6.07, 6.45) is 8.17. The summed E-state index contributed by atoms with van der Waals surface area (Å²) in [5.74, 6) is 1.43. The second kappa shape index (κ2) is 7.88. The van der Waals surface area contributed by atoms with Crippen LogP contribution in [-0.2, 0) is 11.3 Å². The number of nitrogens with zero attached hydrogens (tertiary/aromatic N) is 2. The Bertz CT molecular complexity index is 753. The van der Waals surface area contributed by atoms with Crippen molar-refractivity contribution in [3.05, 3.63) is 48.1 Å². The zero-order valence-corrected chi connectivity index (χ0v) is 14.6. The Hall–Kier alpha value is -2.76. The Balaban J connectivity index is 1.63. The summed E-state index contributed by atoms with van der Waals surface area (Å²) in [4.78, 5) is 16.4. The topological polar surface area (TPSA) is 65.4 Å². The summed E-state index contributed by atoms with van der Waals surface area (Å²) in [5.41, 5.74) is 1.51. The van der Waals surface area contributed by atoms with Gasteiger partial charge in [-0.15, -0.1) is 0 Å². The largest absolute Gasteiger partial charge is 0.493 e. The van der Waals surface area contributed by atoms with E-state index >= 15 is 0 Å². The molecule has 2 heterocycles. The average molecular weight is 341 g/mol. The number of ether oxygens (including phenoxy) is 2. The molecule has 3 rings (SSSR count). The summed E-state index contributed by atoms with van der Waals surface area (Å²) >= 11 is 0. The van der Waals surface area contributed by atoms with Crippen molar-refractivity contribution in [3.8, 4) is 11.5 Å². The van der Waals surface area contributed by atoms with Crippen molar-refractivity contribution in [1.82, 2.24) is 14.9 Å². The van der Waals surface area contributed by atoms with Crippen LogP contribution in [0.3, 0.4) is 0 Å². The molecule has 6 heteroatoms. The van der Waals surface area contributed by atoms with E-state index in [1.165, 1.54) is 0 Å². The molecule has 1 atom stereocenters. The van der Waals surface area contributed by atoms with Gasteiger partial charge in [-0.3, -0.25) is 4.79 Å². The smallest absolute Gasteiger partial charge is 0.250 e. The van der Waals surface area contributed by atoms with Crippen LogP contribution in [0, 0.1) is 0 Å². The molecule has 0 radical (unpaired) electrons. The van der Waals surface area contributed by atoms with Crippen molar-refractivity contribution >= 4 is 12.0 Å². The first-order valence-corrected chi connectivity index (χ1v) is 8.52. The Morgan fingerprint density at radius 3 is 3.12 bits per heavy atom. The average Bonchev–Trinajstić information content (AvgIpc) is 3.12. The van der Waals surface area contributed by atoms with E-state index in [1.807, 2.05) is 42.0 Å². The van der Waals surface area contributed by atoms with Crippen LogP contribution in [0.2, 0.25) is 0 Å². The molecule has 0 aliphatic carbocycles. The van der Waals surface area contributed by atoms with Crippen molar-refractivity contribution in [3.63, 3.8) is 0 Å². The monoisotopic (exact) mass is 341 g/mol. The van der Waals surface area contributed by atoms with Gasteiger partial charge in [0.25, 0.3) is 5.91 Å². The van der Waals surface area contributed by atoms with E-state index in [0.717, 1.165) is 23.5 Å². The van der Waals surface area contributed by atoms with Crippen molar-refractivity contribution in [2.45, 2.75) is 32.9 Å². The number of carbonyl (C=O) groups is 1. The van der Waals surface area contributed by atoms with Gasteiger partial charge in [0.15, 0.2) is 0 Å². The summed E-state index contributed by atoms with van der Waals surface area (Å²) in [6, 6.07) is 5.69. The minimum absolute atomic E-state index is 0.00573. The Morgan fingerprint density at radius 2 is 2.36 bits per heavy atom. The number of rotatable bonds is 7. The van der Waals surface area contributed by atoms with Gasteiger partial charge in [0, 0.05) is 36.6 Å². The molecule has 0 saturated carbocycles. The van der Waals surface area contributed by atoms with E-state index in [4.69, 9.17) is 9.47 Å². The number of hydrogen-bond donors (Lipinski definition) is 1. The predicted molar refractivity (Wildman–Crippen MR) is 95.5 cm³/mol. The van der Waals surface area contributed by atoms with E-state index < -0.39 is 0 Å². The third kappa shape index (κ3) is 4.41. The molecule has 1 amide bonds. The minimum Gasteiger partial charge on any atom is -0.493 e. The molecule has 6 nitrogen and oxygen atoms in total. The molecule has 0 spiro atoms. The SMILES string of the molecule is CCCOc1ccc2c(c1)OCC(C(=O)N[C@H](C)Cn1ccnc1)=C2. The van der Waals surface area contributed by atoms with Gasteiger partial charge in [0.1, 0.15) is 18.1 Å². The zero-order chi connectivity index (χ0) is 17.6. The first-order chi connectivity index (χ1) is 12.2. The van der Waals surface area contributed by atoms with Crippen LogP contribution in [0.1, 0.15) is 25.8 Å². The molecule has 132 valence electrons. The van der Waals surface area contributed by atoms with E-state index in [1.54, 1.807) is 12.5 Å². The molecule has 0 unspecified atom stereocenters. The third-order valence-corrected chi connectivity index (χ3v) is 3.88. The minimum atomic E-state index is -0.107. The Kier molecular flexibility index (Phi) is 5.38. The number of hydrogen-bond acceptors (Lipinski definition) is 4. The van der Waals surface area contributed by atoms with Crippen molar-refractivity contribution in [2.24, 2.45) is 0 Å². The molecular weight excluding hydrogens is 318 g/mol. The molecule has 1 aromatic heterocycles. The van der Waals surface area contributed by atoms with Crippen LogP contribution in [0.4, 0.5) is 0 Å². The lowest BCUT2D eigenvalue weighted by Gasteiger charge is -2.20. The van der Waals surface area contributed by atoms with Crippen molar-refractivity contribution in [1.29, 1.82) is 0 Å². The molecule has 2 aromatic rings. The van der Waals surface area contributed by atoms with Crippen LogP contribution < -0.4 is 14.8 Å². The normalized spacial score (nSPS) is 14.1. The highest BCUT2D eigenvalue weighted by Gasteiger charge is 2.19. The molecular formula is C19H23N3O3. The fourth-order valence-electron chi connectivity index (χ4n) is 2.66.